The van der Waals surface area contributed by atoms with Crippen LogP contribution in [0.4, 0.5) is 4.79 Å². The maximum absolute atomic E-state index is 12.7. The van der Waals surface area contributed by atoms with Crippen molar-refractivity contribution in [2.24, 2.45) is 5.92 Å². The lowest BCUT2D eigenvalue weighted by molar-refractivity contribution is 0.174. The Morgan fingerprint density at radius 1 is 1.27 bits per heavy atom. The van der Waals surface area contributed by atoms with Crippen LogP contribution in [-0.2, 0) is 0 Å². The van der Waals surface area contributed by atoms with E-state index in [9.17, 15) is 4.79 Å². The first-order valence-electron chi connectivity index (χ1n) is 8.37. The second-order valence-electron chi connectivity index (χ2n) is 6.25. The molecule has 5 heteroatoms. The average molecular weight is 319 g/mol. The highest BCUT2D eigenvalue weighted by Gasteiger charge is 2.27. The van der Waals surface area contributed by atoms with Gasteiger partial charge in [-0.3, -0.25) is 4.98 Å². The molecule has 0 bridgehead atoms. The Bertz CT molecular complexity index is 476. The molecule has 2 aliphatic heterocycles. The van der Waals surface area contributed by atoms with Gasteiger partial charge in [0, 0.05) is 25.5 Å². The summed E-state index contributed by atoms with van der Waals surface area (Å²) in [5.74, 6) is 3.08. The summed E-state index contributed by atoms with van der Waals surface area (Å²) in [6.45, 7) is 1.68. The Balaban J connectivity index is 1.65. The van der Waals surface area contributed by atoms with Crippen molar-refractivity contribution in [3.8, 4) is 0 Å². The van der Waals surface area contributed by atoms with Crippen LogP contribution in [0.15, 0.2) is 24.5 Å². The Labute approximate surface area is 137 Å². The summed E-state index contributed by atoms with van der Waals surface area (Å²) < 4.78 is 0. The smallest absolute Gasteiger partial charge is 0.317 e. The number of aromatic nitrogens is 1. The van der Waals surface area contributed by atoms with Crippen molar-refractivity contribution in [2.75, 3.05) is 24.6 Å². The Kier molecular flexibility index (Phi) is 5.59. The van der Waals surface area contributed by atoms with E-state index in [1.165, 1.54) is 36.3 Å². The Morgan fingerprint density at radius 3 is 2.91 bits per heavy atom. The number of hydrogen-bond acceptors (Lipinski definition) is 3. The molecule has 0 spiro atoms. The normalized spacial score (nSPS) is 25.7. The molecule has 3 rings (SSSR count). The molecule has 0 aliphatic carbocycles. The number of carbonyl (C=O) groups is 1. The van der Waals surface area contributed by atoms with Gasteiger partial charge in [0.15, 0.2) is 0 Å². The molecule has 120 valence electrons. The van der Waals surface area contributed by atoms with Gasteiger partial charge in [0.05, 0.1) is 6.04 Å². The van der Waals surface area contributed by atoms with E-state index < -0.39 is 0 Å². The molecule has 2 aliphatic rings. The van der Waals surface area contributed by atoms with E-state index in [0.717, 1.165) is 25.9 Å². The molecule has 3 heterocycles. The fourth-order valence-electron chi connectivity index (χ4n) is 3.36. The van der Waals surface area contributed by atoms with Crippen molar-refractivity contribution >= 4 is 17.8 Å². The maximum atomic E-state index is 12.7. The molecule has 2 amide bonds. The van der Waals surface area contributed by atoms with Crippen molar-refractivity contribution in [1.82, 2.24) is 15.2 Å². The number of thioether (sulfide) groups is 1. The molecule has 1 aromatic rings. The number of likely N-dealkylation sites (tertiary alicyclic amines) is 1. The zero-order valence-corrected chi connectivity index (χ0v) is 13.9. The number of carbonyl (C=O) groups excluding carboxylic acids is 1. The lowest BCUT2D eigenvalue weighted by Gasteiger charge is -2.31. The largest absolute Gasteiger partial charge is 0.338 e. The van der Waals surface area contributed by atoms with Gasteiger partial charge in [0.2, 0.25) is 0 Å². The summed E-state index contributed by atoms with van der Waals surface area (Å²) in [5, 5.41) is 3.18. The van der Waals surface area contributed by atoms with Crippen LogP contribution in [0, 0.1) is 5.92 Å². The van der Waals surface area contributed by atoms with Gasteiger partial charge in [-0.15, -0.1) is 0 Å². The Hall–Kier alpha value is -1.23. The number of rotatable bonds is 3. The predicted molar refractivity (Wildman–Crippen MR) is 91.0 cm³/mol. The topological polar surface area (TPSA) is 45.2 Å². The van der Waals surface area contributed by atoms with Gasteiger partial charge < -0.3 is 10.2 Å². The molecule has 4 nitrogen and oxygen atoms in total. The molecule has 0 aromatic carbocycles. The zero-order valence-electron chi connectivity index (χ0n) is 13.0. The van der Waals surface area contributed by atoms with E-state index in [4.69, 9.17) is 0 Å². The minimum absolute atomic E-state index is 0.112. The van der Waals surface area contributed by atoms with E-state index in [0.29, 0.717) is 5.92 Å². The molecule has 1 aromatic heterocycles. The standard InChI is InChI=1S/C17H25N3OS/c21-17(19-12-14-7-11-22-13-14)20-10-3-1-2-4-16(20)15-5-8-18-9-6-15/h5-6,8-9,14,16H,1-4,7,10-13H2,(H,19,21)/t14-,16+/m0/s1. The van der Waals surface area contributed by atoms with E-state index in [-0.39, 0.29) is 12.1 Å². The first-order chi connectivity index (χ1) is 10.8. The van der Waals surface area contributed by atoms with Crippen LogP contribution in [0.5, 0.6) is 0 Å². The molecular formula is C17H25N3OS. The van der Waals surface area contributed by atoms with E-state index in [1.807, 2.05) is 41.2 Å². The van der Waals surface area contributed by atoms with Gasteiger partial charge in [-0.1, -0.05) is 12.8 Å². The number of pyridine rings is 1. The summed E-state index contributed by atoms with van der Waals surface area (Å²) >= 11 is 2.00. The third-order valence-electron chi connectivity index (χ3n) is 4.67. The first kappa shape index (κ1) is 15.7. The fraction of sp³-hybridized carbons (Fsp3) is 0.647. The van der Waals surface area contributed by atoms with Crippen molar-refractivity contribution in [3.63, 3.8) is 0 Å². The van der Waals surface area contributed by atoms with Gasteiger partial charge in [0.1, 0.15) is 0 Å². The lowest BCUT2D eigenvalue weighted by atomic mass is 10.0. The predicted octanol–water partition coefficient (Wildman–Crippen LogP) is 3.46. The second-order valence-corrected chi connectivity index (χ2v) is 7.40. The van der Waals surface area contributed by atoms with Crippen LogP contribution in [0.2, 0.25) is 0 Å². The molecular weight excluding hydrogens is 294 g/mol. The van der Waals surface area contributed by atoms with Gasteiger partial charge >= 0.3 is 6.03 Å². The SMILES string of the molecule is O=C(NC[C@@H]1CCSC1)N1CCCCC[C@@H]1c1ccncc1. The Morgan fingerprint density at radius 2 is 2.14 bits per heavy atom. The first-order valence-corrected chi connectivity index (χ1v) is 9.52. The highest BCUT2D eigenvalue weighted by atomic mass is 32.2. The summed E-state index contributed by atoms with van der Waals surface area (Å²) in [4.78, 5) is 18.8. The molecule has 0 unspecified atom stereocenters. The summed E-state index contributed by atoms with van der Waals surface area (Å²) in [6, 6.07) is 4.40. The van der Waals surface area contributed by atoms with Crippen molar-refractivity contribution in [1.29, 1.82) is 0 Å². The average Bonchev–Trinajstić information content (AvgIpc) is 2.96. The molecule has 0 saturated carbocycles. The summed E-state index contributed by atoms with van der Waals surface area (Å²) in [5.41, 5.74) is 1.21. The minimum Gasteiger partial charge on any atom is -0.338 e. The molecule has 22 heavy (non-hydrogen) atoms. The van der Waals surface area contributed by atoms with Gasteiger partial charge in [-0.25, -0.2) is 4.79 Å². The monoisotopic (exact) mass is 319 g/mol. The number of nitrogens with zero attached hydrogens (tertiary/aromatic N) is 2. The zero-order chi connectivity index (χ0) is 15.2. The highest BCUT2D eigenvalue weighted by molar-refractivity contribution is 7.99. The third-order valence-corrected chi connectivity index (χ3v) is 5.90. The van der Waals surface area contributed by atoms with Crippen LogP contribution in [0.25, 0.3) is 0 Å². The van der Waals surface area contributed by atoms with Crippen molar-refractivity contribution in [2.45, 2.75) is 38.1 Å². The van der Waals surface area contributed by atoms with Crippen LogP contribution in [0.3, 0.4) is 0 Å². The van der Waals surface area contributed by atoms with Crippen LogP contribution in [0.1, 0.15) is 43.7 Å². The number of nitrogens with one attached hydrogen (secondary N) is 1. The van der Waals surface area contributed by atoms with Gasteiger partial charge in [-0.2, -0.15) is 11.8 Å². The summed E-state index contributed by atoms with van der Waals surface area (Å²) in [7, 11) is 0. The minimum atomic E-state index is 0.112. The lowest BCUT2D eigenvalue weighted by Crippen LogP contribution is -2.43. The second kappa shape index (κ2) is 7.86. The maximum Gasteiger partial charge on any atom is 0.317 e. The van der Waals surface area contributed by atoms with Crippen molar-refractivity contribution in [3.05, 3.63) is 30.1 Å². The number of hydrogen-bond donors (Lipinski definition) is 1. The summed E-state index contributed by atoms with van der Waals surface area (Å²) in [6.07, 6.45) is 9.45. The van der Waals surface area contributed by atoms with Crippen LogP contribution >= 0.6 is 11.8 Å². The highest BCUT2D eigenvalue weighted by Crippen LogP contribution is 2.30. The molecule has 0 radical (unpaired) electrons. The van der Waals surface area contributed by atoms with E-state index >= 15 is 0 Å². The van der Waals surface area contributed by atoms with Gasteiger partial charge in [0.25, 0.3) is 0 Å². The number of amides is 2. The molecule has 2 saturated heterocycles. The molecule has 1 N–H and O–H groups in total. The molecule has 2 fully saturated rings. The van der Waals surface area contributed by atoms with E-state index in [1.54, 1.807) is 0 Å². The van der Waals surface area contributed by atoms with Crippen LogP contribution in [-0.4, -0.2) is 40.5 Å². The van der Waals surface area contributed by atoms with Gasteiger partial charge in [-0.05, 0) is 54.4 Å². The molecule has 2 atom stereocenters. The van der Waals surface area contributed by atoms with E-state index in [2.05, 4.69) is 10.3 Å². The van der Waals surface area contributed by atoms with Crippen LogP contribution < -0.4 is 5.32 Å². The fourth-order valence-corrected chi connectivity index (χ4v) is 4.65. The number of urea groups is 1. The van der Waals surface area contributed by atoms with Crippen molar-refractivity contribution < 1.29 is 4.79 Å². The quantitative estimate of drug-likeness (QED) is 0.928. The third kappa shape index (κ3) is 3.94.